The van der Waals surface area contributed by atoms with Crippen LogP contribution in [0.1, 0.15) is 23.5 Å². The summed E-state index contributed by atoms with van der Waals surface area (Å²) in [7, 11) is 1.76. The van der Waals surface area contributed by atoms with Gasteiger partial charge in [0, 0.05) is 56.9 Å². The van der Waals surface area contributed by atoms with Crippen molar-refractivity contribution in [2.45, 2.75) is 18.9 Å². The molecular formula is C23H28IN5O. The minimum absolute atomic E-state index is 0. The van der Waals surface area contributed by atoms with Gasteiger partial charge in [0.1, 0.15) is 0 Å². The summed E-state index contributed by atoms with van der Waals surface area (Å²) < 4.78 is 0. The van der Waals surface area contributed by atoms with E-state index in [1.807, 2.05) is 18.2 Å². The van der Waals surface area contributed by atoms with E-state index in [1.54, 1.807) is 7.05 Å². The first-order chi connectivity index (χ1) is 14.2. The SMILES string of the molecule is CN=C(NCc1ccc(N2CC=CC2)cc1)NCC1CC(=O)Nc2ccccc21.I. The molecule has 7 heteroatoms. The Morgan fingerprint density at radius 1 is 1.10 bits per heavy atom. The molecule has 0 radical (unpaired) electrons. The Labute approximate surface area is 194 Å². The van der Waals surface area contributed by atoms with Gasteiger partial charge in [-0.2, -0.15) is 0 Å². The molecule has 2 heterocycles. The van der Waals surface area contributed by atoms with Crippen LogP contribution in [0.5, 0.6) is 0 Å². The lowest BCUT2D eigenvalue weighted by atomic mass is 9.90. The summed E-state index contributed by atoms with van der Waals surface area (Å²) >= 11 is 0. The highest BCUT2D eigenvalue weighted by atomic mass is 127. The van der Waals surface area contributed by atoms with E-state index in [2.05, 4.69) is 68.3 Å². The first-order valence-corrected chi connectivity index (χ1v) is 10.0. The summed E-state index contributed by atoms with van der Waals surface area (Å²) in [5.74, 6) is 0.930. The zero-order chi connectivity index (χ0) is 20.1. The van der Waals surface area contributed by atoms with Gasteiger partial charge in [0.25, 0.3) is 0 Å². The molecule has 4 rings (SSSR count). The number of fused-ring (bicyclic) bond motifs is 1. The number of carbonyl (C=O) groups is 1. The molecule has 0 fully saturated rings. The fourth-order valence-corrected chi connectivity index (χ4v) is 3.82. The second kappa shape index (κ2) is 10.5. The number of para-hydroxylation sites is 1. The van der Waals surface area contributed by atoms with Gasteiger partial charge in [-0.05, 0) is 29.3 Å². The summed E-state index contributed by atoms with van der Waals surface area (Å²) in [5, 5.41) is 9.67. The van der Waals surface area contributed by atoms with Crippen molar-refractivity contribution in [1.29, 1.82) is 0 Å². The van der Waals surface area contributed by atoms with Crippen molar-refractivity contribution in [3.63, 3.8) is 0 Å². The molecule has 2 aliphatic rings. The lowest BCUT2D eigenvalue weighted by molar-refractivity contribution is -0.116. The number of hydrogen-bond acceptors (Lipinski definition) is 3. The van der Waals surface area contributed by atoms with Gasteiger partial charge in [0.2, 0.25) is 5.91 Å². The number of anilines is 2. The van der Waals surface area contributed by atoms with Crippen LogP contribution in [-0.4, -0.2) is 38.5 Å². The number of amides is 1. The average Bonchev–Trinajstić information content (AvgIpc) is 3.29. The molecule has 2 aromatic carbocycles. The van der Waals surface area contributed by atoms with Gasteiger partial charge in [-0.3, -0.25) is 9.79 Å². The average molecular weight is 517 g/mol. The minimum Gasteiger partial charge on any atom is -0.364 e. The van der Waals surface area contributed by atoms with Crippen molar-refractivity contribution >= 4 is 47.2 Å². The second-order valence-electron chi connectivity index (χ2n) is 7.39. The van der Waals surface area contributed by atoms with E-state index in [0.717, 1.165) is 24.7 Å². The molecule has 1 atom stereocenters. The van der Waals surface area contributed by atoms with E-state index in [4.69, 9.17) is 0 Å². The van der Waals surface area contributed by atoms with Crippen LogP contribution in [0.25, 0.3) is 0 Å². The smallest absolute Gasteiger partial charge is 0.225 e. The number of rotatable bonds is 5. The van der Waals surface area contributed by atoms with Crippen LogP contribution in [-0.2, 0) is 11.3 Å². The summed E-state index contributed by atoms with van der Waals surface area (Å²) in [6.45, 7) is 3.32. The Bertz CT molecular complexity index is 917. The van der Waals surface area contributed by atoms with Gasteiger partial charge >= 0.3 is 0 Å². The van der Waals surface area contributed by atoms with E-state index >= 15 is 0 Å². The largest absolute Gasteiger partial charge is 0.364 e. The Hall–Kier alpha value is -2.55. The van der Waals surface area contributed by atoms with Crippen LogP contribution >= 0.6 is 24.0 Å². The highest BCUT2D eigenvalue weighted by molar-refractivity contribution is 14.0. The van der Waals surface area contributed by atoms with E-state index in [-0.39, 0.29) is 35.8 Å². The quantitative estimate of drug-likeness (QED) is 0.246. The van der Waals surface area contributed by atoms with Crippen molar-refractivity contribution in [3.8, 4) is 0 Å². The number of nitrogens with one attached hydrogen (secondary N) is 3. The fraction of sp³-hybridized carbons (Fsp3) is 0.304. The van der Waals surface area contributed by atoms with E-state index in [1.165, 1.54) is 16.8 Å². The van der Waals surface area contributed by atoms with E-state index in [0.29, 0.717) is 19.5 Å². The molecule has 3 N–H and O–H groups in total. The maximum absolute atomic E-state index is 12.0. The molecule has 2 aliphatic heterocycles. The highest BCUT2D eigenvalue weighted by Crippen LogP contribution is 2.31. The highest BCUT2D eigenvalue weighted by Gasteiger charge is 2.24. The maximum Gasteiger partial charge on any atom is 0.225 e. The van der Waals surface area contributed by atoms with Crippen LogP contribution < -0.4 is 20.9 Å². The van der Waals surface area contributed by atoms with Crippen LogP contribution in [0.4, 0.5) is 11.4 Å². The standard InChI is InChI=1S/C23H27N5O.HI/c1-24-23(25-15-17-8-10-19(11-9-17)28-12-4-5-13-28)26-16-18-14-22(29)27-21-7-3-2-6-20(18)21;/h2-11,18H,12-16H2,1H3,(H,27,29)(H2,24,25,26);1H. The van der Waals surface area contributed by atoms with Crippen LogP contribution in [0.2, 0.25) is 0 Å². The predicted molar refractivity (Wildman–Crippen MR) is 134 cm³/mol. The van der Waals surface area contributed by atoms with E-state index in [9.17, 15) is 4.79 Å². The Morgan fingerprint density at radius 2 is 1.83 bits per heavy atom. The van der Waals surface area contributed by atoms with Crippen molar-refractivity contribution in [1.82, 2.24) is 10.6 Å². The summed E-state index contributed by atoms with van der Waals surface area (Å²) in [5.41, 5.74) is 4.52. The van der Waals surface area contributed by atoms with Gasteiger partial charge in [-0.1, -0.05) is 42.5 Å². The number of halogens is 1. The monoisotopic (exact) mass is 517 g/mol. The van der Waals surface area contributed by atoms with Crippen molar-refractivity contribution in [3.05, 3.63) is 71.8 Å². The summed E-state index contributed by atoms with van der Waals surface area (Å²) in [4.78, 5) is 18.6. The first-order valence-electron chi connectivity index (χ1n) is 10.0. The third kappa shape index (κ3) is 5.33. The molecule has 0 bridgehead atoms. The van der Waals surface area contributed by atoms with Gasteiger partial charge in [0.05, 0.1) is 0 Å². The zero-order valence-corrected chi connectivity index (χ0v) is 19.4. The molecule has 0 saturated carbocycles. The summed E-state index contributed by atoms with van der Waals surface area (Å²) in [6, 6.07) is 16.6. The third-order valence-electron chi connectivity index (χ3n) is 5.43. The van der Waals surface area contributed by atoms with Gasteiger partial charge in [0.15, 0.2) is 5.96 Å². The molecule has 0 saturated heterocycles. The third-order valence-corrected chi connectivity index (χ3v) is 5.43. The predicted octanol–water partition coefficient (Wildman–Crippen LogP) is 3.47. The molecule has 30 heavy (non-hydrogen) atoms. The van der Waals surface area contributed by atoms with Crippen LogP contribution in [0.3, 0.4) is 0 Å². The summed E-state index contributed by atoms with van der Waals surface area (Å²) in [6.07, 6.45) is 4.87. The van der Waals surface area contributed by atoms with Gasteiger partial charge in [-0.25, -0.2) is 0 Å². The van der Waals surface area contributed by atoms with Gasteiger partial charge in [-0.15, -0.1) is 24.0 Å². The van der Waals surface area contributed by atoms with Crippen molar-refractivity contribution in [2.75, 3.05) is 36.9 Å². The molecular weight excluding hydrogens is 489 g/mol. The molecule has 0 spiro atoms. The number of nitrogens with zero attached hydrogens (tertiary/aromatic N) is 2. The number of hydrogen-bond donors (Lipinski definition) is 3. The zero-order valence-electron chi connectivity index (χ0n) is 17.1. The number of aliphatic imine (C=N–C) groups is 1. The number of guanidine groups is 1. The molecule has 0 aromatic heterocycles. The fourth-order valence-electron chi connectivity index (χ4n) is 3.82. The van der Waals surface area contributed by atoms with Crippen molar-refractivity contribution < 1.29 is 4.79 Å². The first kappa shape index (κ1) is 22.1. The normalized spacial score (nSPS) is 17.8. The molecule has 2 aromatic rings. The molecule has 1 unspecified atom stereocenters. The van der Waals surface area contributed by atoms with Crippen LogP contribution in [0, 0.1) is 0 Å². The number of benzene rings is 2. The molecule has 158 valence electrons. The Kier molecular flexibility index (Phi) is 7.73. The maximum atomic E-state index is 12.0. The van der Waals surface area contributed by atoms with Crippen LogP contribution in [0.15, 0.2) is 65.7 Å². The van der Waals surface area contributed by atoms with Gasteiger partial charge < -0.3 is 20.9 Å². The second-order valence-corrected chi connectivity index (χ2v) is 7.39. The molecule has 6 nitrogen and oxygen atoms in total. The Morgan fingerprint density at radius 3 is 2.57 bits per heavy atom. The lowest BCUT2D eigenvalue weighted by Gasteiger charge is -2.26. The lowest BCUT2D eigenvalue weighted by Crippen LogP contribution is -2.40. The van der Waals surface area contributed by atoms with Crippen molar-refractivity contribution in [2.24, 2.45) is 4.99 Å². The Balaban J connectivity index is 0.00000256. The molecule has 1 amide bonds. The minimum atomic E-state index is 0. The molecule has 0 aliphatic carbocycles. The van der Waals surface area contributed by atoms with E-state index < -0.39 is 0 Å². The topological polar surface area (TPSA) is 68.8 Å². The number of carbonyl (C=O) groups excluding carboxylic acids is 1.